The number of ether oxygens (including phenoxy) is 1. The molecule has 0 bridgehead atoms. The van der Waals surface area contributed by atoms with Gasteiger partial charge in [0, 0.05) is 13.1 Å². The van der Waals surface area contributed by atoms with Crippen LogP contribution in [0.5, 0.6) is 0 Å². The van der Waals surface area contributed by atoms with Crippen molar-refractivity contribution in [2.24, 2.45) is 0 Å². The predicted molar refractivity (Wildman–Crippen MR) is 47.2 cm³/mol. The number of hydrogen-bond acceptors (Lipinski definition) is 2. The zero-order valence-electron chi connectivity index (χ0n) is 7.09. The van der Waals surface area contributed by atoms with E-state index in [2.05, 4.69) is 4.74 Å². The highest BCUT2D eigenvalue weighted by molar-refractivity contribution is 6.17. The Labute approximate surface area is 77.6 Å². The Hall–Kier alpha value is -0.440. The second kappa shape index (κ2) is 5.25. The van der Waals surface area contributed by atoms with Crippen molar-refractivity contribution in [2.45, 2.75) is 25.7 Å². The van der Waals surface area contributed by atoms with Gasteiger partial charge in [0.15, 0.2) is 6.07 Å². The maximum atomic E-state index is 11.2. The molecule has 0 aromatic carbocycles. The zero-order valence-corrected chi connectivity index (χ0v) is 7.85. The van der Waals surface area contributed by atoms with E-state index in [1.54, 1.807) is 4.90 Å². The lowest BCUT2D eigenvalue weighted by Gasteiger charge is -2.18. The predicted octanol–water partition coefficient (Wildman–Crippen LogP) is 2.20. The first kappa shape index (κ1) is 9.65. The minimum absolute atomic E-state index is 0.0463. The van der Waals surface area contributed by atoms with Gasteiger partial charge >= 0.3 is 6.09 Å². The van der Waals surface area contributed by atoms with Gasteiger partial charge in [0.2, 0.25) is 0 Å². The third-order valence-corrected chi connectivity index (χ3v) is 2.15. The van der Waals surface area contributed by atoms with Gasteiger partial charge in [-0.25, -0.2) is 4.79 Å². The van der Waals surface area contributed by atoms with Crippen LogP contribution in [0, 0.1) is 0 Å². The normalized spacial score (nSPS) is 18.6. The van der Waals surface area contributed by atoms with Crippen LogP contribution in [0.4, 0.5) is 4.79 Å². The molecule has 1 amide bonds. The molecule has 0 aliphatic carbocycles. The molecular weight excluding hydrogens is 178 g/mol. The number of halogens is 1. The lowest BCUT2D eigenvalue weighted by Crippen LogP contribution is -2.32. The third kappa shape index (κ3) is 2.89. The van der Waals surface area contributed by atoms with E-state index in [-0.39, 0.29) is 12.2 Å². The molecule has 1 rings (SSSR count). The first-order valence-corrected chi connectivity index (χ1v) is 4.85. The van der Waals surface area contributed by atoms with Crippen LogP contribution >= 0.6 is 11.6 Å². The summed E-state index contributed by atoms with van der Waals surface area (Å²) in [6, 6.07) is -0.0463. The summed E-state index contributed by atoms with van der Waals surface area (Å²) in [5, 5.41) is 0. The average molecular weight is 192 g/mol. The molecule has 3 nitrogen and oxygen atoms in total. The molecule has 1 fully saturated rings. The average Bonchev–Trinajstić information content (AvgIpc) is 2.32. The maximum absolute atomic E-state index is 11.2. The summed E-state index contributed by atoms with van der Waals surface area (Å²) in [4.78, 5) is 12.9. The van der Waals surface area contributed by atoms with Crippen LogP contribution in [-0.4, -0.2) is 30.1 Å². The fourth-order valence-electron chi connectivity index (χ4n) is 1.39. The van der Waals surface area contributed by atoms with E-state index in [0.717, 1.165) is 25.9 Å². The Bertz CT molecular complexity index is 144. The van der Waals surface area contributed by atoms with Crippen molar-refractivity contribution in [3.8, 4) is 0 Å². The van der Waals surface area contributed by atoms with E-state index >= 15 is 0 Å². The molecule has 0 unspecified atom stereocenters. The number of amides is 1. The molecular formula is C8H14ClNO2. The number of alkyl halides is 1. The van der Waals surface area contributed by atoms with Crippen molar-refractivity contribution in [1.82, 2.24) is 4.90 Å². The molecule has 70 valence electrons. The Morgan fingerprint density at radius 1 is 1.25 bits per heavy atom. The highest BCUT2D eigenvalue weighted by atomic mass is 35.5. The molecule has 0 aromatic heterocycles. The monoisotopic (exact) mass is 191 g/mol. The number of hydrogen-bond donors (Lipinski definition) is 0. The van der Waals surface area contributed by atoms with Gasteiger partial charge in [-0.1, -0.05) is 24.4 Å². The highest BCUT2D eigenvalue weighted by Gasteiger charge is 2.15. The van der Waals surface area contributed by atoms with Gasteiger partial charge in [-0.15, -0.1) is 0 Å². The molecule has 0 saturated carbocycles. The van der Waals surface area contributed by atoms with E-state index in [1.807, 2.05) is 0 Å². The minimum atomic E-state index is -0.271. The summed E-state index contributed by atoms with van der Waals surface area (Å²) in [6.45, 7) is 1.63. The lowest BCUT2D eigenvalue weighted by atomic mass is 10.2. The SMILES string of the molecule is O=C(OCCl)N1CCCCCC1. The van der Waals surface area contributed by atoms with Gasteiger partial charge in [-0.05, 0) is 12.8 Å². The molecule has 0 spiro atoms. The van der Waals surface area contributed by atoms with Crippen molar-refractivity contribution >= 4 is 17.7 Å². The van der Waals surface area contributed by atoms with Crippen molar-refractivity contribution in [3.05, 3.63) is 0 Å². The fraction of sp³-hybridized carbons (Fsp3) is 0.875. The van der Waals surface area contributed by atoms with Crippen LogP contribution in [0.3, 0.4) is 0 Å². The fourth-order valence-corrected chi connectivity index (χ4v) is 1.48. The molecule has 1 aliphatic rings. The summed E-state index contributed by atoms with van der Waals surface area (Å²) in [5.41, 5.74) is 0. The quantitative estimate of drug-likeness (QED) is 0.595. The summed E-state index contributed by atoms with van der Waals surface area (Å²) in [7, 11) is 0. The number of carbonyl (C=O) groups excluding carboxylic acids is 1. The number of nitrogens with zero attached hydrogens (tertiary/aromatic N) is 1. The van der Waals surface area contributed by atoms with E-state index in [1.165, 1.54) is 12.8 Å². The number of rotatable bonds is 1. The molecule has 12 heavy (non-hydrogen) atoms. The first-order valence-electron chi connectivity index (χ1n) is 4.32. The topological polar surface area (TPSA) is 29.5 Å². The minimum Gasteiger partial charge on any atom is -0.433 e. The van der Waals surface area contributed by atoms with Crippen LogP contribution in [0.15, 0.2) is 0 Å². The largest absolute Gasteiger partial charge is 0.433 e. The highest BCUT2D eigenvalue weighted by Crippen LogP contribution is 2.10. The van der Waals surface area contributed by atoms with Crippen molar-refractivity contribution in [2.75, 3.05) is 19.2 Å². The van der Waals surface area contributed by atoms with Crippen LogP contribution in [0.1, 0.15) is 25.7 Å². The third-order valence-electron chi connectivity index (χ3n) is 2.04. The summed E-state index contributed by atoms with van der Waals surface area (Å²) < 4.78 is 4.69. The second-order valence-electron chi connectivity index (χ2n) is 2.92. The first-order chi connectivity index (χ1) is 5.84. The Morgan fingerprint density at radius 3 is 2.33 bits per heavy atom. The molecule has 0 radical (unpaired) electrons. The van der Waals surface area contributed by atoms with E-state index in [9.17, 15) is 4.79 Å². The van der Waals surface area contributed by atoms with Gasteiger partial charge in [0.05, 0.1) is 0 Å². The van der Waals surface area contributed by atoms with Gasteiger partial charge in [0.25, 0.3) is 0 Å². The van der Waals surface area contributed by atoms with Crippen molar-refractivity contribution < 1.29 is 9.53 Å². The molecule has 1 heterocycles. The number of likely N-dealkylation sites (tertiary alicyclic amines) is 1. The van der Waals surface area contributed by atoms with E-state index in [4.69, 9.17) is 11.6 Å². The maximum Gasteiger partial charge on any atom is 0.410 e. The van der Waals surface area contributed by atoms with Gasteiger partial charge < -0.3 is 9.64 Å². The van der Waals surface area contributed by atoms with Crippen LogP contribution in [-0.2, 0) is 4.74 Å². The second-order valence-corrected chi connectivity index (χ2v) is 3.14. The molecule has 1 aliphatic heterocycles. The molecule has 4 heteroatoms. The molecule has 0 aromatic rings. The lowest BCUT2D eigenvalue weighted by molar-refractivity contribution is 0.119. The smallest absolute Gasteiger partial charge is 0.410 e. The molecule has 0 N–H and O–H groups in total. The van der Waals surface area contributed by atoms with Gasteiger partial charge in [-0.2, -0.15) is 0 Å². The number of carbonyl (C=O) groups is 1. The summed E-state index contributed by atoms with van der Waals surface area (Å²) in [5.74, 6) is 0. The van der Waals surface area contributed by atoms with Crippen LogP contribution in [0.25, 0.3) is 0 Å². The zero-order chi connectivity index (χ0) is 8.81. The Balaban J connectivity index is 2.32. The van der Waals surface area contributed by atoms with Crippen LogP contribution in [0.2, 0.25) is 0 Å². The van der Waals surface area contributed by atoms with Crippen molar-refractivity contribution in [3.63, 3.8) is 0 Å². The van der Waals surface area contributed by atoms with Gasteiger partial charge in [-0.3, -0.25) is 0 Å². The van der Waals surface area contributed by atoms with E-state index in [0.29, 0.717) is 0 Å². The van der Waals surface area contributed by atoms with Gasteiger partial charge in [0.1, 0.15) is 0 Å². The standard InChI is InChI=1S/C8H14ClNO2/c9-7-12-8(11)10-5-3-1-2-4-6-10/h1-7H2. The summed E-state index contributed by atoms with van der Waals surface area (Å²) >= 11 is 5.29. The van der Waals surface area contributed by atoms with Crippen molar-refractivity contribution in [1.29, 1.82) is 0 Å². The van der Waals surface area contributed by atoms with E-state index < -0.39 is 0 Å². The summed E-state index contributed by atoms with van der Waals surface area (Å²) in [6.07, 6.45) is 4.32. The molecule has 1 saturated heterocycles. The Morgan fingerprint density at radius 2 is 1.83 bits per heavy atom. The van der Waals surface area contributed by atoms with Crippen LogP contribution < -0.4 is 0 Å². The molecule has 0 atom stereocenters. The Kier molecular flexibility index (Phi) is 4.22.